The van der Waals surface area contributed by atoms with Crippen molar-refractivity contribution in [1.29, 1.82) is 0 Å². The van der Waals surface area contributed by atoms with Crippen LogP contribution < -0.4 is 0 Å². The Labute approximate surface area is 87.6 Å². The Morgan fingerprint density at radius 1 is 1.29 bits per heavy atom. The largest absolute Gasteiger partial charge is 0.384 e. The Bertz CT molecular complexity index is 202. The van der Waals surface area contributed by atoms with Gasteiger partial charge in [-0.25, -0.2) is 0 Å². The fourth-order valence-corrected chi connectivity index (χ4v) is 3.08. The predicted molar refractivity (Wildman–Crippen MR) is 58.2 cm³/mol. The quantitative estimate of drug-likeness (QED) is 0.682. The van der Waals surface area contributed by atoms with Gasteiger partial charge in [0.1, 0.15) is 0 Å². The molecule has 0 amide bonds. The first-order chi connectivity index (χ1) is 6.53. The molecule has 0 aromatic carbocycles. The van der Waals surface area contributed by atoms with E-state index < -0.39 is 0 Å². The molecule has 82 valence electrons. The van der Waals surface area contributed by atoms with Crippen LogP contribution in [0.2, 0.25) is 0 Å². The van der Waals surface area contributed by atoms with E-state index in [1.807, 2.05) is 0 Å². The lowest BCUT2D eigenvalue weighted by Gasteiger charge is -2.30. The number of hydrogen-bond acceptors (Lipinski definition) is 2. The fourth-order valence-electron chi connectivity index (χ4n) is 3.08. The van der Waals surface area contributed by atoms with Crippen molar-refractivity contribution < 1.29 is 4.74 Å². The van der Waals surface area contributed by atoms with Gasteiger partial charge in [0, 0.05) is 32.2 Å². The maximum absolute atomic E-state index is 5.25. The maximum atomic E-state index is 5.25. The number of ether oxygens (including phenoxy) is 1. The minimum absolute atomic E-state index is 0.314. The lowest BCUT2D eigenvalue weighted by atomic mass is 9.94. The van der Waals surface area contributed by atoms with Gasteiger partial charge in [0.05, 0.1) is 6.61 Å². The van der Waals surface area contributed by atoms with Gasteiger partial charge in [-0.2, -0.15) is 0 Å². The van der Waals surface area contributed by atoms with Crippen molar-refractivity contribution in [2.24, 2.45) is 23.2 Å². The smallest absolute Gasteiger partial charge is 0.0525 e. The Kier molecular flexibility index (Phi) is 2.61. The summed E-state index contributed by atoms with van der Waals surface area (Å²) in [5.74, 6) is 3.05. The molecule has 2 fully saturated rings. The average molecular weight is 197 g/mol. The zero-order valence-corrected chi connectivity index (χ0v) is 9.92. The van der Waals surface area contributed by atoms with E-state index in [-0.39, 0.29) is 0 Å². The highest BCUT2D eigenvalue weighted by atomic mass is 16.5. The van der Waals surface area contributed by atoms with Crippen LogP contribution in [0.5, 0.6) is 0 Å². The lowest BCUT2D eigenvalue weighted by molar-refractivity contribution is 0.0723. The molecule has 0 radical (unpaired) electrons. The normalized spacial score (nSPS) is 37.3. The van der Waals surface area contributed by atoms with Crippen molar-refractivity contribution in [3.05, 3.63) is 0 Å². The van der Waals surface area contributed by atoms with Gasteiger partial charge in [-0.3, -0.25) is 0 Å². The second-order valence-corrected chi connectivity index (χ2v) is 5.98. The van der Waals surface area contributed by atoms with Crippen molar-refractivity contribution in [2.75, 3.05) is 33.4 Å². The summed E-state index contributed by atoms with van der Waals surface area (Å²) in [5.41, 5.74) is 0.314. The summed E-state index contributed by atoms with van der Waals surface area (Å²) in [5, 5.41) is 0. The van der Waals surface area contributed by atoms with Crippen LogP contribution in [0.1, 0.15) is 20.8 Å². The molecule has 0 bridgehead atoms. The van der Waals surface area contributed by atoms with Crippen molar-refractivity contribution in [2.45, 2.75) is 20.8 Å². The molecule has 0 aromatic heterocycles. The number of rotatable bonds is 4. The van der Waals surface area contributed by atoms with E-state index in [1.54, 1.807) is 7.11 Å². The average Bonchev–Trinajstić information content (AvgIpc) is 2.55. The lowest BCUT2D eigenvalue weighted by Crippen LogP contribution is -2.37. The van der Waals surface area contributed by atoms with E-state index in [0.29, 0.717) is 5.41 Å². The topological polar surface area (TPSA) is 12.5 Å². The third kappa shape index (κ3) is 1.96. The van der Waals surface area contributed by atoms with Crippen molar-refractivity contribution >= 4 is 0 Å². The molecule has 0 N–H and O–H groups in total. The summed E-state index contributed by atoms with van der Waals surface area (Å²) in [6.45, 7) is 11.7. The van der Waals surface area contributed by atoms with Gasteiger partial charge in [0.2, 0.25) is 0 Å². The van der Waals surface area contributed by atoms with E-state index in [2.05, 4.69) is 25.7 Å². The van der Waals surface area contributed by atoms with Gasteiger partial charge >= 0.3 is 0 Å². The Morgan fingerprint density at radius 3 is 2.36 bits per heavy atom. The molecule has 1 saturated heterocycles. The highest BCUT2D eigenvalue weighted by molar-refractivity contribution is 5.03. The monoisotopic (exact) mass is 197 g/mol. The van der Waals surface area contributed by atoms with Crippen LogP contribution in [0, 0.1) is 23.2 Å². The molecule has 2 aliphatic rings. The number of nitrogens with zero attached hydrogens (tertiary/aromatic N) is 1. The second-order valence-electron chi connectivity index (χ2n) is 5.98. The molecule has 1 saturated carbocycles. The van der Waals surface area contributed by atoms with Crippen molar-refractivity contribution in [1.82, 2.24) is 4.90 Å². The molecule has 2 heteroatoms. The molecule has 2 atom stereocenters. The molecular formula is C12H23NO. The van der Waals surface area contributed by atoms with Gasteiger partial charge in [0.15, 0.2) is 0 Å². The summed E-state index contributed by atoms with van der Waals surface area (Å²) in [6.07, 6.45) is 0. The summed E-state index contributed by atoms with van der Waals surface area (Å²) in [7, 11) is 1.80. The van der Waals surface area contributed by atoms with Crippen LogP contribution in [0.25, 0.3) is 0 Å². The van der Waals surface area contributed by atoms with Crippen LogP contribution in [0.15, 0.2) is 0 Å². The molecular weight excluding hydrogens is 174 g/mol. The van der Waals surface area contributed by atoms with Gasteiger partial charge < -0.3 is 9.64 Å². The van der Waals surface area contributed by atoms with Gasteiger partial charge in [-0.1, -0.05) is 20.8 Å². The van der Waals surface area contributed by atoms with Crippen LogP contribution >= 0.6 is 0 Å². The van der Waals surface area contributed by atoms with Gasteiger partial charge in [-0.15, -0.1) is 0 Å². The van der Waals surface area contributed by atoms with Crippen molar-refractivity contribution in [3.8, 4) is 0 Å². The molecule has 1 heterocycles. The van der Waals surface area contributed by atoms with Crippen molar-refractivity contribution in [3.63, 3.8) is 0 Å². The van der Waals surface area contributed by atoms with E-state index in [0.717, 1.165) is 24.4 Å². The van der Waals surface area contributed by atoms with E-state index in [4.69, 9.17) is 4.74 Å². The molecule has 2 rings (SSSR count). The summed E-state index contributed by atoms with van der Waals surface area (Å²) in [4.78, 5) is 2.62. The number of likely N-dealkylation sites (tertiary alicyclic amines) is 1. The Morgan fingerprint density at radius 2 is 1.86 bits per heavy atom. The third-order valence-electron chi connectivity index (χ3n) is 3.88. The third-order valence-corrected chi connectivity index (χ3v) is 3.88. The highest BCUT2D eigenvalue weighted by Gasteiger charge is 2.52. The summed E-state index contributed by atoms with van der Waals surface area (Å²) < 4.78 is 5.25. The Balaban J connectivity index is 1.77. The minimum atomic E-state index is 0.314. The first kappa shape index (κ1) is 10.4. The SMILES string of the molecule is COCC(C)(C)CN1CC2C(C)C2C1. The fraction of sp³-hybridized carbons (Fsp3) is 1.00. The van der Waals surface area contributed by atoms with E-state index in [9.17, 15) is 0 Å². The number of hydrogen-bond donors (Lipinski definition) is 0. The molecule has 0 spiro atoms. The van der Waals surface area contributed by atoms with Gasteiger partial charge in [-0.05, 0) is 17.8 Å². The first-order valence-electron chi connectivity index (χ1n) is 5.75. The summed E-state index contributed by atoms with van der Waals surface area (Å²) in [6, 6.07) is 0. The Hall–Kier alpha value is -0.0800. The minimum Gasteiger partial charge on any atom is -0.384 e. The molecule has 2 nitrogen and oxygen atoms in total. The zero-order valence-electron chi connectivity index (χ0n) is 9.92. The van der Waals surface area contributed by atoms with Crippen LogP contribution in [0.3, 0.4) is 0 Å². The molecule has 1 aliphatic heterocycles. The number of piperidine rings is 1. The predicted octanol–water partition coefficient (Wildman–Crippen LogP) is 1.86. The molecule has 1 aliphatic carbocycles. The van der Waals surface area contributed by atoms with E-state index in [1.165, 1.54) is 19.6 Å². The second kappa shape index (κ2) is 3.49. The zero-order chi connectivity index (χ0) is 10.3. The standard InChI is InChI=1S/C12H23NO/c1-9-10-5-13(6-11(9)10)7-12(2,3)8-14-4/h9-11H,5-8H2,1-4H3. The maximum Gasteiger partial charge on any atom is 0.0525 e. The molecule has 0 aromatic rings. The van der Waals surface area contributed by atoms with Crippen LogP contribution in [-0.2, 0) is 4.74 Å². The molecule has 2 unspecified atom stereocenters. The number of methoxy groups -OCH3 is 1. The first-order valence-corrected chi connectivity index (χ1v) is 5.75. The van der Waals surface area contributed by atoms with Crippen LogP contribution in [0.4, 0.5) is 0 Å². The van der Waals surface area contributed by atoms with Crippen LogP contribution in [-0.4, -0.2) is 38.3 Å². The molecule has 14 heavy (non-hydrogen) atoms. The van der Waals surface area contributed by atoms with Gasteiger partial charge in [0.25, 0.3) is 0 Å². The summed E-state index contributed by atoms with van der Waals surface area (Å²) >= 11 is 0. The number of fused-ring (bicyclic) bond motifs is 1. The van der Waals surface area contributed by atoms with E-state index >= 15 is 0 Å². The highest BCUT2D eigenvalue weighted by Crippen LogP contribution is 2.51.